The highest BCUT2D eigenvalue weighted by Gasteiger charge is 2.38. The molecule has 0 unspecified atom stereocenters. The van der Waals surface area contributed by atoms with E-state index in [4.69, 9.17) is 5.73 Å². The molecule has 3 nitrogen and oxygen atoms in total. The van der Waals surface area contributed by atoms with Crippen molar-refractivity contribution in [1.29, 1.82) is 0 Å². The number of carbonyl (C=O) groups excluding carboxylic acids is 1. The second kappa shape index (κ2) is 3.56. The predicted molar refractivity (Wildman–Crippen MR) is 45.0 cm³/mol. The molecule has 78 valence electrons. The molecule has 0 atom stereocenters. The van der Waals surface area contributed by atoms with Crippen LogP contribution in [-0.2, 0) is 12.6 Å². The summed E-state index contributed by atoms with van der Waals surface area (Å²) < 4.78 is 37.0. The monoisotopic (exact) mass is 224 g/mol. The predicted octanol–water partition coefficient (Wildman–Crippen LogP) is 1.82. The summed E-state index contributed by atoms with van der Waals surface area (Å²) in [6.07, 6.45) is -4.21. The number of carbonyl (C=O) groups is 1. The first-order valence-electron chi connectivity index (χ1n) is 3.73. The van der Waals surface area contributed by atoms with Crippen LogP contribution in [0.5, 0.6) is 0 Å². The van der Waals surface area contributed by atoms with Gasteiger partial charge in [-0.05, 0) is 6.42 Å². The zero-order valence-electron chi connectivity index (χ0n) is 7.18. The largest absolute Gasteiger partial charge is 0.427 e. The summed E-state index contributed by atoms with van der Waals surface area (Å²) in [6.45, 7) is 1.66. The van der Waals surface area contributed by atoms with Gasteiger partial charge in [0.05, 0.1) is 5.01 Å². The number of aryl methyl sites for hydroxylation is 1. The molecule has 1 aromatic rings. The molecule has 0 spiro atoms. The minimum atomic E-state index is -4.56. The van der Waals surface area contributed by atoms with Crippen molar-refractivity contribution < 1.29 is 18.0 Å². The van der Waals surface area contributed by atoms with Crippen LogP contribution in [0.2, 0.25) is 0 Å². The standard InChI is InChI=1S/C7H7F3N2OS/c1-2-3-12-4(6(11)13)5(14-3)7(8,9)10/h2H2,1H3,(H2,11,13). The zero-order chi connectivity index (χ0) is 10.9. The van der Waals surface area contributed by atoms with Crippen LogP contribution in [0.15, 0.2) is 0 Å². The van der Waals surface area contributed by atoms with Gasteiger partial charge in [0.15, 0.2) is 5.69 Å². The topological polar surface area (TPSA) is 56.0 Å². The van der Waals surface area contributed by atoms with Crippen LogP contribution in [-0.4, -0.2) is 10.9 Å². The van der Waals surface area contributed by atoms with Crippen molar-refractivity contribution in [1.82, 2.24) is 4.98 Å². The van der Waals surface area contributed by atoms with Gasteiger partial charge in [-0.25, -0.2) is 4.98 Å². The lowest BCUT2D eigenvalue weighted by atomic mass is 10.3. The van der Waals surface area contributed by atoms with Gasteiger partial charge in [0.1, 0.15) is 4.88 Å². The van der Waals surface area contributed by atoms with Crippen LogP contribution in [0.3, 0.4) is 0 Å². The Labute approximate surface area is 81.7 Å². The molecule has 1 rings (SSSR count). The number of aromatic nitrogens is 1. The number of hydrogen-bond donors (Lipinski definition) is 1. The smallest absolute Gasteiger partial charge is 0.364 e. The fourth-order valence-corrected chi connectivity index (χ4v) is 1.75. The fraction of sp³-hybridized carbons (Fsp3) is 0.429. The van der Waals surface area contributed by atoms with E-state index in [1.165, 1.54) is 0 Å². The van der Waals surface area contributed by atoms with Gasteiger partial charge in [0.25, 0.3) is 5.91 Å². The highest BCUT2D eigenvalue weighted by atomic mass is 32.1. The van der Waals surface area contributed by atoms with E-state index < -0.39 is 22.7 Å². The number of nitrogens with zero attached hydrogens (tertiary/aromatic N) is 1. The highest BCUT2D eigenvalue weighted by Crippen LogP contribution is 2.36. The van der Waals surface area contributed by atoms with Gasteiger partial charge in [0.2, 0.25) is 0 Å². The Kier molecular flexibility index (Phi) is 2.79. The van der Waals surface area contributed by atoms with E-state index in [-0.39, 0.29) is 5.01 Å². The van der Waals surface area contributed by atoms with Crippen molar-refractivity contribution in [3.05, 3.63) is 15.6 Å². The van der Waals surface area contributed by atoms with Crippen LogP contribution >= 0.6 is 11.3 Å². The minimum Gasteiger partial charge on any atom is -0.364 e. The Balaban J connectivity index is 3.26. The fourth-order valence-electron chi connectivity index (χ4n) is 0.875. The molecule has 0 bridgehead atoms. The Bertz CT molecular complexity index is 358. The number of thiazole rings is 1. The molecule has 1 aromatic heterocycles. The van der Waals surface area contributed by atoms with Gasteiger partial charge in [-0.1, -0.05) is 6.92 Å². The average molecular weight is 224 g/mol. The van der Waals surface area contributed by atoms with Crippen molar-refractivity contribution in [3.63, 3.8) is 0 Å². The van der Waals surface area contributed by atoms with Crippen molar-refractivity contribution in [3.8, 4) is 0 Å². The van der Waals surface area contributed by atoms with Gasteiger partial charge in [-0.15, -0.1) is 11.3 Å². The molecule has 2 N–H and O–H groups in total. The Morgan fingerprint density at radius 3 is 2.43 bits per heavy atom. The third kappa shape index (κ3) is 2.03. The second-order valence-electron chi connectivity index (χ2n) is 2.50. The third-order valence-electron chi connectivity index (χ3n) is 1.46. The molecule has 0 saturated carbocycles. The molecule has 0 aliphatic heterocycles. The quantitative estimate of drug-likeness (QED) is 0.833. The lowest BCUT2D eigenvalue weighted by Crippen LogP contribution is -2.17. The van der Waals surface area contributed by atoms with Crippen molar-refractivity contribution in [2.45, 2.75) is 19.5 Å². The summed E-state index contributed by atoms with van der Waals surface area (Å²) in [6, 6.07) is 0. The SMILES string of the molecule is CCc1nc(C(N)=O)c(C(F)(F)F)s1. The maximum atomic E-state index is 12.3. The molecule has 0 aliphatic rings. The van der Waals surface area contributed by atoms with Gasteiger partial charge in [-0.2, -0.15) is 13.2 Å². The molecule has 7 heteroatoms. The summed E-state index contributed by atoms with van der Waals surface area (Å²) >= 11 is 0.458. The van der Waals surface area contributed by atoms with Crippen LogP contribution in [0.25, 0.3) is 0 Å². The number of amides is 1. The van der Waals surface area contributed by atoms with E-state index in [2.05, 4.69) is 4.98 Å². The lowest BCUT2D eigenvalue weighted by molar-refractivity contribution is -0.134. The molecule has 14 heavy (non-hydrogen) atoms. The first-order valence-corrected chi connectivity index (χ1v) is 4.54. The summed E-state index contributed by atoms with van der Waals surface area (Å²) in [5.41, 5.74) is 4.10. The Morgan fingerprint density at radius 1 is 1.57 bits per heavy atom. The molecule has 1 amide bonds. The van der Waals surface area contributed by atoms with Gasteiger partial charge >= 0.3 is 6.18 Å². The number of hydrogen-bond acceptors (Lipinski definition) is 3. The van der Waals surface area contributed by atoms with Crippen LogP contribution in [0, 0.1) is 0 Å². The normalized spacial score (nSPS) is 11.7. The summed E-state index contributed by atoms with van der Waals surface area (Å²) in [4.78, 5) is 13.2. The first kappa shape index (κ1) is 11.0. The lowest BCUT2D eigenvalue weighted by Gasteiger charge is -2.02. The van der Waals surface area contributed by atoms with Gasteiger partial charge in [0, 0.05) is 0 Å². The van der Waals surface area contributed by atoms with Crippen LogP contribution in [0.1, 0.15) is 27.3 Å². The molecule has 1 heterocycles. The summed E-state index contributed by atoms with van der Waals surface area (Å²) in [7, 11) is 0. The van der Waals surface area contributed by atoms with Gasteiger partial charge in [-0.3, -0.25) is 4.79 Å². The molecule has 0 aromatic carbocycles. The van der Waals surface area contributed by atoms with E-state index in [9.17, 15) is 18.0 Å². The van der Waals surface area contributed by atoms with E-state index in [0.717, 1.165) is 0 Å². The minimum absolute atomic E-state index is 0.256. The van der Waals surface area contributed by atoms with Crippen LogP contribution < -0.4 is 5.73 Å². The number of rotatable bonds is 2. The molecular formula is C7H7F3N2OS. The second-order valence-corrected chi connectivity index (χ2v) is 3.58. The average Bonchev–Trinajstić information content (AvgIpc) is 2.46. The van der Waals surface area contributed by atoms with E-state index in [1.807, 2.05) is 0 Å². The molecule has 0 aliphatic carbocycles. The Hall–Kier alpha value is -1.11. The molecule has 0 fully saturated rings. The number of alkyl halides is 3. The number of primary amides is 1. The van der Waals surface area contributed by atoms with Crippen LogP contribution in [0.4, 0.5) is 13.2 Å². The number of halogens is 3. The molecule has 0 radical (unpaired) electrons. The maximum Gasteiger partial charge on any atom is 0.427 e. The maximum absolute atomic E-state index is 12.3. The first-order chi connectivity index (χ1) is 6.36. The summed E-state index contributed by atoms with van der Waals surface area (Å²) in [5, 5.41) is 0.256. The van der Waals surface area contributed by atoms with E-state index in [0.29, 0.717) is 17.8 Å². The molecular weight excluding hydrogens is 217 g/mol. The third-order valence-corrected chi connectivity index (χ3v) is 2.71. The highest BCUT2D eigenvalue weighted by molar-refractivity contribution is 7.12. The Morgan fingerprint density at radius 2 is 2.14 bits per heavy atom. The van der Waals surface area contributed by atoms with Crippen molar-refractivity contribution in [2.24, 2.45) is 5.73 Å². The zero-order valence-corrected chi connectivity index (χ0v) is 8.00. The van der Waals surface area contributed by atoms with E-state index in [1.54, 1.807) is 6.92 Å². The van der Waals surface area contributed by atoms with Gasteiger partial charge < -0.3 is 5.73 Å². The molecule has 0 saturated heterocycles. The van der Waals surface area contributed by atoms with Crippen molar-refractivity contribution >= 4 is 17.2 Å². The van der Waals surface area contributed by atoms with E-state index >= 15 is 0 Å². The number of nitrogens with two attached hydrogens (primary N) is 1. The van der Waals surface area contributed by atoms with Crippen molar-refractivity contribution in [2.75, 3.05) is 0 Å². The summed E-state index contributed by atoms with van der Waals surface area (Å²) in [5.74, 6) is -1.15.